The molecule has 0 spiro atoms. The molecule has 2 aliphatic rings. The molecule has 1 aliphatic carbocycles. The fourth-order valence-electron chi connectivity index (χ4n) is 5.15. The van der Waals surface area contributed by atoms with Gasteiger partial charge in [0.05, 0.1) is 17.2 Å². The second kappa shape index (κ2) is 11.3. The minimum atomic E-state index is -5.02. The van der Waals surface area contributed by atoms with Crippen LogP contribution in [0, 0.1) is 5.92 Å². The summed E-state index contributed by atoms with van der Waals surface area (Å²) in [6, 6.07) is 10.6. The Morgan fingerprint density at radius 2 is 1.47 bits per heavy atom. The standard InChI is InChI=1S/C27H29F6N3O2/c28-26(29,30)20-10-18(11-21(13-20)27(31,32)33)24(37)35-14-16-6-8-22(9-7-16)36-25(38)23-12-19(15-34-23)17-4-2-1-3-5-17/h1-5,10-11,13,16,19,22-23,34H,6-9,12,14-15H2,(H,35,37)(H,36,38)/t16-,19-,22+,23+/m1/s1. The summed E-state index contributed by atoms with van der Waals surface area (Å²) in [5.41, 5.74) is -2.55. The minimum Gasteiger partial charge on any atom is -0.352 e. The Kier molecular flexibility index (Phi) is 8.34. The number of halogens is 6. The molecule has 3 N–H and O–H groups in total. The minimum absolute atomic E-state index is 0.00470. The Morgan fingerprint density at radius 3 is 2.05 bits per heavy atom. The number of rotatable bonds is 6. The summed E-state index contributed by atoms with van der Waals surface area (Å²) in [6.45, 7) is 0.852. The zero-order valence-electron chi connectivity index (χ0n) is 20.5. The van der Waals surface area contributed by atoms with E-state index in [4.69, 9.17) is 0 Å². The van der Waals surface area contributed by atoms with Gasteiger partial charge in [0.2, 0.25) is 5.91 Å². The van der Waals surface area contributed by atoms with Gasteiger partial charge in [-0.15, -0.1) is 0 Å². The summed E-state index contributed by atoms with van der Waals surface area (Å²) in [6.07, 6.45) is -6.67. The summed E-state index contributed by atoms with van der Waals surface area (Å²) in [5, 5.41) is 8.84. The van der Waals surface area contributed by atoms with Gasteiger partial charge in [-0.25, -0.2) is 0 Å². The van der Waals surface area contributed by atoms with Crippen LogP contribution in [-0.4, -0.2) is 37.0 Å². The maximum atomic E-state index is 13.1. The van der Waals surface area contributed by atoms with E-state index in [1.54, 1.807) is 0 Å². The van der Waals surface area contributed by atoms with Crippen molar-refractivity contribution in [3.05, 3.63) is 70.8 Å². The molecule has 2 aromatic carbocycles. The number of hydrogen-bond donors (Lipinski definition) is 3. The van der Waals surface area contributed by atoms with E-state index in [2.05, 4.69) is 28.1 Å². The van der Waals surface area contributed by atoms with Gasteiger partial charge in [-0.05, 0) is 67.7 Å². The SMILES string of the molecule is O=C(NC[C@H]1CC[C@@H](NC(=O)[C@@H]2C[C@@H](c3ccccc3)CN2)CC1)c1cc(C(F)(F)F)cc(C(F)(F)F)c1. The first-order chi connectivity index (χ1) is 17.9. The molecule has 11 heteroatoms. The third-order valence-corrected chi connectivity index (χ3v) is 7.31. The van der Waals surface area contributed by atoms with Gasteiger partial charge in [0.25, 0.3) is 5.91 Å². The number of benzene rings is 2. The van der Waals surface area contributed by atoms with Gasteiger partial charge in [0, 0.05) is 24.7 Å². The van der Waals surface area contributed by atoms with Crippen molar-refractivity contribution in [3.8, 4) is 0 Å². The van der Waals surface area contributed by atoms with E-state index < -0.39 is 35.0 Å². The van der Waals surface area contributed by atoms with Crippen LogP contribution < -0.4 is 16.0 Å². The van der Waals surface area contributed by atoms with Crippen molar-refractivity contribution in [3.63, 3.8) is 0 Å². The monoisotopic (exact) mass is 541 g/mol. The molecule has 1 saturated heterocycles. The van der Waals surface area contributed by atoms with E-state index >= 15 is 0 Å². The van der Waals surface area contributed by atoms with E-state index in [1.165, 1.54) is 5.56 Å². The number of nitrogens with one attached hydrogen (secondary N) is 3. The van der Waals surface area contributed by atoms with Gasteiger partial charge in [0.1, 0.15) is 0 Å². The Balaban J connectivity index is 1.24. The molecule has 38 heavy (non-hydrogen) atoms. The van der Waals surface area contributed by atoms with Gasteiger partial charge in [-0.1, -0.05) is 30.3 Å². The average Bonchev–Trinajstić information content (AvgIpc) is 3.38. The smallest absolute Gasteiger partial charge is 0.352 e. The van der Waals surface area contributed by atoms with Crippen LogP contribution in [0.5, 0.6) is 0 Å². The maximum Gasteiger partial charge on any atom is 0.416 e. The van der Waals surface area contributed by atoms with Crippen LogP contribution in [-0.2, 0) is 17.1 Å². The van der Waals surface area contributed by atoms with Gasteiger partial charge in [0.15, 0.2) is 0 Å². The summed E-state index contributed by atoms with van der Waals surface area (Å²) in [4.78, 5) is 25.2. The molecule has 1 aliphatic heterocycles. The number of hydrogen-bond acceptors (Lipinski definition) is 3. The summed E-state index contributed by atoms with van der Waals surface area (Å²) >= 11 is 0. The lowest BCUT2D eigenvalue weighted by atomic mass is 9.85. The normalized spacial score (nSPS) is 24.2. The Labute approximate surface area is 216 Å². The second-order valence-electron chi connectivity index (χ2n) is 10.0. The quantitative estimate of drug-likeness (QED) is 0.437. The van der Waals surface area contributed by atoms with Crippen LogP contribution >= 0.6 is 0 Å². The molecule has 5 nitrogen and oxygen atoms in total. The number of amides is 2. The van der Waals surface area contributed by atoms with Crippen molar-refractivity contribution in [2.75, 3.05) is 13.1 Å². The molecule has 0 aromatic heterocycles. The topological polar surface area (TPSA) is 70.2 Å². The summed E-state index contributed by atoms with van der Waals surface area (Å²) in [5.74, 6) is -0.759. The second-order valence-corrected chi connectivity index (χ2v) is 10.0. The van der Waals surface area contributed by atoms with Crippen molar-refractivity contribution in [1.29, 1.82) is 0 Å². The van der Waals surface area contributed by atoms with Crippen molar-refractivity contribution in [2.24, 2.45) is 5.92 Å². The molecule has 1 saturated carbocycles. The summed E-state index contributed by atoms with van der Waals surface area (Å²) < 4.78 is 78.4. The van der Waals surface area contributed by atoms with Gasteiger partial charge >= 0.3 is 12.4 Å². The molecule has 0 radical (unpaired) electrons. The highest BCUT2D eigenvalue weighted by atomic mass is 19.4. The van der Waals surface area contributed by atoms with Crippen LogP contribution in [0.2, 0.25) is 0 Å². The van der Waals surface area contributed by atoms with Crippen LogP contribution in [0.25, 0.3) is 0 Å². The summed E-state index contributed by atoms with van der Waals surface area (Å²) in [7, 11) is 0. The molecule has 4 rings (SSSR count). The Morgan fingerprint density at radius 1 is 0.868 bits per heavy atom. The predicted molar refractivity (Wildman–Crippen MR) is 128 cm³/mol. The molecular formula is C27H29F6N3O2. The number of alkyl halides is 6. The van der Waals surface area contributed by atoms with Crippen LogP contribution in [0.15, 0.2) is 48.5 Å². The van der Waals surface area contributed by atoms with E-state index in [0.29, 0.717) is 44.2 Å². The van der Waals surface area contributed by atoms with Crippen LogP contribution in [0.1, 0.15) is 65.1 Å². The molecule has 2 fully saturated rings. The fraction of sp³-hybridized carbons (Fsp3) is 0.481. The molecular weight excluding hydrogens is 512 g/mol. The molecule has 0 bridgehead atoms. The Bertz CT molecular complexity index is 1100. The lowest BCUT2D eigenvalue weighted by molar-refractivity contribution is -0.143. The van der Waals surface area contributed by atoms with E-state index in [0.717, 1.165) is 6.54 Å². The first kappa shape index (κ1) is 27.9. The van der Waals surface area contributed by atoms with Crippen LogP contribution in [0.4, 0.5) is 26.3 Å². The van der Waals surface area contributed by atoms with Crippen molar-refractivity contribution in [2.45, 2.75) is 62.5 Å². The molecule has 2 atom stereocenters. The molecule has 1 heterocycles. The fourth-order valence-corrected chi connectivity index (χ4v) is 5.15. The molecule has 2 amide bonds. The zero-order chi connectivity index (χ0) is 27.5. The lowest BCUT2D eigenvalue weighted by Crippen LogP contribution is -2.46. The van der Waals surface area contributed by atoms with Crippen LogP contribution in [0.3, 0.4) is 0 Å². The highest BCUT2D eigenvalue weighted by Crippen LogP contribution is 2.36. The first-order valence-electron chi connectivity index (χ1n) is 12.6. The maximum absolute atomic E-state index is 13.1. The van der Waals surface area contributed by atoms with Gasteiger partial charge in [-0.3, -0.25) is 9.59 Å². The van der Waals surface area contributed by atoms with Gasteiger partial charge < -0.3 is 16.0 Å². The average molecular weight is 542 g/mol. The lowest BCUT2D eigenvalue weighted by Gasteiger charge is -2.30. The largest absolute Gasteiger partial charge is 0.416 e. The molecule has 2 aromatic rings. The first-order valence-corrected chi connectivity index (χ1v) is 12.6. The Hall–Kier alpha value is -3.08. The zero-order valence-corrected chi connectivity index (χ0v) is 20.5. The predicted octanol–water partition coefficient (Wildman–Crippen LogP) is 5.27. The van der Waals surface area contributed by atoms with Crippen molar-refractivity contribution in [1.82, 2.24) is 16.0 Å². The highest BCUT2D eigenvalue weighted by molar-refractivity contribution is 5.94. The molecule has 0 unspecified atom stereocenters. The third-order valence-electron chi connectivity index (χ3n) is 7.31. The van der Waals surface area contributed by atoms with Gasteiger partial charge in [-0.2, -0.15) is 26.3 Å². The molecule has 206 valence electrons. The number of carbonyl (C=O) groups is 2. The van der Waals surface area contributed by atoms with Crippen molar-refractivity contribution >= 4 is 11.8 Å². The van der Waals surface area contributed by atoms with E-state index in [1.807, 2.05) is 18.2 Å². The van der Waals surface area contributed by atoms with E-state index in [-0.39, 0.29) is 42.4 Å². The third kappa shape index (κ3) is 7.06. The van der Waals surface area contributed by atoms with E-state index in [9.17, 15) is 35.9 Å². The van der Waals surface area contributed by atoms with Crippen molar-refractivity contribution < 1.29 is 35.9 Å². The number of carbonyl (C=O) groups excluding carboxylic acids is 2. The highest BCUT2D eigenvalue weighted by Gasteiger charge is 2.38.